The van der Waals surface area contributed by atoms with E-state index in [4.69, 9.17) is 4.74 Å². The van der Waals surface area contributed by atoms with E-state index in [0.29, 0.717) is 18.9 Å². The summed E-state index contributed by atoms with van der Waals surface area (Å²) in [4.78, 5) is 23.3. The zero-order valence-electron chi connectivity index (χ0n) is 15.5. The first-order valence-electron chi connectivity index (χ1n) is 9.32. The van der Waals surface area contributed by atoms with Crippen molar-refractivity contribution >= 4 is 11.6 Å². The Morgan fingerprint density at radius 3 is 2.96 bits per heavy atom. The maximum absolute atomic E-state index is 12.1. The van der Waals surface area contributed by atoms with Crippen LogP contribution in [0, 0.1) is 12.8 Å². The Bertz CT molecular complexity index is 580. The summed E-state index contributed by atoms with van der Waals surface area (Å²) in [5, 5.41) is 0. The highest BCUT2D eigenvalue weighted by Gasteiger charge is 2.30. The Kier molecular flexibility index (Phi) is 6.26. The van der Waals surface area contributed by atoms with Gasteiger partial charge in [0.05, 0.1) is 6.61 Å². The molecule has 0 N–H and O–H groups in total. The first-order chi connectivity index (χ1) is 12.2. The molecule has 0 saturated carbocycles. The summed E-state index contributed by atoms with van der Waals surface area (Å²) < 4.78 is 5.10. The first-order valence-corrected chi connectivity index (χ1v) is 9.32. The minimum atomic E-state index is 0.283. The molecule has 2 fully saturated rings. The molecule has 1 unspecified atom stereocenters. The Morgan fingerprint density at radius 1 is 1.28 bits per heavy atom. The minimum absolute atomic E-state index is 0.283. The van der Waals surface area contributed by atoms with Gasteiger partial charge in [-0.3, -0.25) is 9.78 Å². The lowest BCUT2D eigenvalue weighted by Gasteiger charge is -2.25. The molecule has 1 atom stereocenters. The molecule has 3 rings (SSSR count). The molecule has 1 amide bonds. The molecule has 3 heterocycles. The highest BCUT2D eigenvalue weighted by atomic mass is 16.5. The van der Waals surface area contributed by atoms with Crippen LogP contribution < -0.4 is 4.90 Å². The van der Waals surface area contributed by atoms with Gasteiger partial charge < -0.3 is 19.4 Å². The van der Waals surface area contributed by atoms with Gasteiger partial charge in [0, 0.05) is 70.4 Å². The van der Waals surface area contributed by atoms with Crippen LogP contribution in [-0.2, 0) is 9.53 Å². The first kappa shape index (κ1) is 18.1. The molecule has 0 radical (unpaired) electrons. The molecule has 6 nitrogen and oxygen atoms in total. The second-order valence-corrected chi connectivity index (χ2v) is 7.20. The molecule has 25 heavy (non-hydrogen) atoms. The lowest BCUT2D eigenvalue weighted by atomic mass is 10.1. The standard InChI is InChI=1S/C19H30N4O2/c1-16-12-18(4-5-20-16)22-7-3-6-21(8-9-22)14-17-13-19(24)23(15-17)10-11-25-2/h4-5,12,17H,3,6-11,13-15H2,1-2H3. The molecule has 0 spiro atoms. The number of amides is 1. The summed E-state index contributed by atoms with van der Waals surface area (Å²) >= 11 is 0. The fourth-order valence-corrected chi connectivity index (χ4v) is 3.90. The van der Waals surface area contributed by atoms with Crippen molar-refractivity contribution in [3.05, 3.63) is 24.0 Å². The molecular formula is C19H30N4O2. The molecule has 138 valence electrons. The van der Waals surface area contributed by atoms with Gasteiger partial charge in [0.1, 0.15) is 0 Å². The van der Waals surface area contributed by atoms with Crippen LogP contribution in [0.15, 0.2) is 18.3 Å². The number of aryl methyl sites for hydroxylation is 1. The van der Waals surface area contributed by atoms with Crippen LogP contribution in [0.3, 0.4) is 0 Å². The highest BCUT2D eigenvalue weighted by Crippen LogP contribution is 2.21. The van der Waals surface area contributed by atoms with Gasteiger partial charge in [0.2, 0.25) is 5.91 Å². The number of likely N-dealkylation sites (tertiary alicyclic amines) is 1. The fraction of sp³-hybridized carbons (Fsp3) is 0.684. The van der Waals surface area contributed by atoms with E-state index < -0.39 is 0 Å². The Balaban J connectivity index is 1.49. The number of rotatable bonds is 6. The van der Waals surface area contributed by atoms with E-state index in [1.165, 1.54) is 5.69 Å². The third kappa shape index (κ3) is 4.92. The third-order valence-corrected chi connectivity index (χ3v) is 5.21. The van der Waals surface area contributed by atoms with E-state index in [9.17, 15) is 4.79 Å². The lowest BCUT2D eigenvalue weighted by Crippen LogP contribution is -2.35. The van der Waals surface area contributed by atoms with Gasteiger partial charge in [-0.05, 0) is 37.9 Å². The van der Waals surface area contributed by atoms with Crippen molar-refractivity contribution in [3.63, 3.8) is 0 Å². The van der Waals surface area contributed by atoms with Crippen molar-refractivity contribution in [3.8, 4) is 0 Å². The molecule has 0 aromatic carbocycles. The molecule has 2 aliphatic heterocycles. The number of pyridine rings is 1. The average molecular weight is 346 g/mol. The zero-order valence-corrected chi connectivity index (χ0v) is 15.5. The van der Waals surface area contributed by atoms with E-state index >= 15 is 0 Å². The van der Waals surface area contributed by atoms with Crippen molar-refractivity contribution in [2.75, 3.05) is 64.4 Å². The molecule has 1 aromatic heterocycles. The predicted molar refractivity (Wildman–Crippen MR) is 98.8 cm³/mol. The minimum Gasteiger partial charge on any atom is -0.383 e. The molecular weight excluding hydrogens is 316 g/mol. The number of nitrogens with zero attached hydrogens (tertiary/aromatic N) is 4. The van der Waals surface area contributed by atoms with Crippen LogP contribution in [0.25, 0.3) is 0 Å². The van der Waals surface area contributed by atoms with Gasteiger partial charge in [-0.25, -0.2) is 0 Å². The Labute approximate surface area is 150 Å². The summed E-state index contributed by atoms with van der Waals surface area (Å²) in [6.45, 7) is 9.60. The van der Waals surface area contributed by atoms with Gasteiger partial charge in [-0.15, -0.1) is 0 Å². The van der Waals surface area contributed by atoms with Crippen LogP contribution in [-0.4, -0.2) is 80.2 Å². The van der Waals surface area contributed by atoms with Crippen LogP contribution in [0.4, 0.5) is 5.69 Å². The SMILES string of the molecule is COCCN1CC(CN2CCCN(c3ccnc(C)c3)CC2)CC1=O. The topological polar surface area (TPSA) is 48.9 Å². The van der Waals surface area contributed by atoms with E-state index in [0.717, 1.165) is 57.9 Å². The van der Waals surface area contributed by atoms with E-state index in [2.05, 4.69) is 26.9 Å². The van der Waals surface area contributed by atoms with Crippen LogP contribution in [0.5, 0.6) is 0 Å². The monoisotopic (exact) mass is 346 g/mol. The number of ether oxygens (including phenoxy) is 1. The van der Waals surface area contributed by atoms with E-state index in [1.807, 2.05) is 18.0 Å². The second kappa shape index (κ2) is 8.63. The molecule has 1 aromatic rings. The Morgan fingerprint density at radius 2 is 2.16 bits per heavy atom. The van der Waals surface area contributed by atoms with E-state index in [-0.39, 0.29) is 5.91 Å². The number of carbonyl (C=O) groups is 1. The van der Waals surface area contributed by atoms with Crippen molar-refractivity contribution in [1.82, 2.24) is 14.8 Å². The lowest BCUT2D eigenvalue weighted by molar-refractivity contribution is -0.128. The summed E-state index contributed by atoms with van der Waals surface area (Å²) in [6, 6.07) is 4.27. The summed E-state index contributed by atoms with van der Waals surface area (Å²) in [5.74, 6) is 0.741. The zero-order chi connectivity index (χ0) is 17.6. The Hall–Kier alpha value is -1.66. The van der Waals surface area contributed by atoms with Crippen molar-refractivity contribution in [2.24, 2.45) is 5.92 Å². The highest BCUT2D eigenvalue weighted by molar-refractivity contribution is 5.78. The van der Waals surface area contributed by atoms with Crippen molar-refractivity contribution in [1.29, 1.82) is 0 Å². The van der Waals surface area contributed by atoms with E-state index in [1.54, 1.807) is 7.11 Å². The normalized spacial score (nSPS) is 22.5. The molecule has 0 aliphatic carbocycles. The molecule has 6 heteroatoms. The number of carbonyl (C=O) groups excluding carboxylic acids is 1. The van der Waals surface area contributed by atoms with Crippen LogP contribution in [0.1, 0.15) is 18.5 Å². The second-order valence-electron chi connectivity index (χ2n) is 7.20. The summed E-state index contributed by atoms with van der Waals surface area (Å²) in [7, 11) is 1.69. The summed E-state index contributed by atoms with van der Waals surface area (Å²) in [6.07, 6.45) is 3.75. The van der Waals surface area contributed by atoms with Gasteiger partial charge in [-0.2, -0.15) is 0 Å². The quantitative estimate of drug-likeness (QED) is 0.779. The maximum atomic E-state index is 12.1. The summed E-state index contributed by atoms with van der Waals surface area (Å²) in [5.41, 5.74) is 2.34. The molecule has 0 bridgehead atoms. The predicted octanol–water partition coefficient (Wildman–Crippen LogP) is 1.40. The van der Waals surface area contributed by atoms with Crippen molar-refractivity contribution < 1.29 is 9.53 Å². The largest absolute Gasteiger partial charge is 0.383 e. The fourth-order valence-electron chi connectivity index (χ4n) is 3.90. The number of methoxy groups -OCH3 is 1. The van der Waals surface area contributed by atoms with Gasteiger partial charge >= 0.3 is 0 Å². The number of hydrogen-bond acceptors (Lipinski definition) is 5. The van der Waals surface area contributed by atoms with Gasteiger partial charge in [-0.1, -0.05) is 0 Å². The third-order valence-electron chi connectivity index (χ3n) is 5.21. The smallest absolute Gasteiger partial charge is 0.223 e. The van der Waals surface area contributed by atoms with Crippen molar-refractivity contribution in [2.45, 2.75) is 19.8 Å². The average Bonchev–Trinajstić information content (AvgIpc) is 2.80. The number of aromatic nitrogens is 1. The number of anilines is 1. The van der Waals surface area contributed by atoms with Crippen LogP contribution >= 0.6 is 0 Å². The maximum Gasteiger partial charge on any atom is 0.223 e. The molecule has 2 aliphatic rings. The van der Waals surface area contributed by atoms with Gasteiger partial charge in [0.25, 0.3) is 0 Å². The van der Waals surface area contributed by atoms with Crippen LogP contribution in [0.2, 0.25) is 0 Å². The number of hydrogen-bond donors (Lipinski definition) is 0. The van der Waals surface area contributed by atoms with Gasteiger partial charge in [0.15, 0.2) is 0 Å². The molecule has 2 saturated heterocycles.